The fraction of sp³-hybridized carbons (Fsp3) is 0.125. The van der Waals surface area contributed by atoms with Crippen molar-refractivity contribution in [1.29, 1.82) is 5.26 Å². The van der Waals surface area contributed by atoms with Crippen molar-refractivity contribution in [1.82, 2.24) is 9.97 Å². The van der Waals surface area contributed by atoms with Crippen LogP contribution in [0.3, 0.4) is 0 Å². The Labute approximate surface area is 139 Å². The first kappa shape index (κ1) is 14.3. The number of nitrogens with one attached hydrogen (secondary N) is 1. The number of benzene rings is 2. The Kier molecular flexibility index (Phi) is 3.83. The molecule has 3 aromatic rings. The van der Waals surface area contributed by atoms with Crippen molar-refractivity contribution < 1.29 is 0 Å². The van der Waals surface area contributed by atoms with Gasteiger partial charge >= 0.3 is 0 Å². The molecule has 3 nitrogen and oxygen atoms in total. The summed E-state index contributed by atoms with van der Waals surface area (Å²) >= 11 is 7.20. The van der Waals surface area contributed by atoms with Gasteiger partial charge in [-0.25, -0.2) is 4.98 Å². The van der Waals surface area contributed by atoms with Crippen LogP contribution in [0.25, 0.3) is 11.0 Å². The van der Waals surface area contributed by atoms with Crippen LogP contribution in [0.1, 0.15) is 16.2 Å². The molecule has 2 atom stereocenters. The van der Waals surface area contributed by atoms with Crippen LogP contribution in [-0.2, 0) is 4.32 Å². The number of aromatic nitrogens is 2. The Balaban J connectivity index is 2.09. The second-order valence-electron chi connectivity index (χ2n) is 4.70. The van der Waals surface area contributed by atoms with Crippen molar-refractivity contribution in [3.63, 3.8) is 0 Å². The number of nitriles is 1. The highest BCUT2D eigenvalue weighted by Crippen LogP contribution is 2.47. The van der Waals surface area contributed by atoms with Gasteiger partial charge in [-0.05, 0) is 17.7 Å². The summed E-state index contributed by atoms with van der Waals surface area (Å²) in [5, 5.41) is 9.71. The Morgan fingerprint density at radius 2 is 1.76 bits per heavy atom. The number of H-pyrrole nitrogens is 1. The predicted molar refractivity (Wildman–Crippen MR) is 90.4 cm³/mol. The minimum absolute atomic E-state index is 0.225. The van der Waals surface area contributed by atoms with Crippen LogP contribution in [0.15, 0.2) is 54.6 Å². The summed E-state index contributed by atoms with van der Waals surface area (Å²) in [5.74, 6) is 0.594. The number of fused-ring (bicyclic) bond motifs is 1. The first-order valence-electron chi connectivity index (χ1n) is 6.39. The van der Waals surface area contributed by atoms with Crippen molar-refractivity contribution in [2.75, 3.05) is 0 Å². The van der Waals surface area contributed by atoms with Gasteiger partial charge < -0.3 is 4.98 Å². The molecule has 0 spiro atoms. The average molecular weight is 405 g/mol. The number of para-hydroxylation sites is 2. The highest BCUT2D eigenvalue weighted by molar-refractivity contribution is 9.12. The van der Waals surface area contributed by atoms with E-state index in [0.717, 1.165) is 16.6 Å². The molecule has 0 aliphatic heterocycles. The number of alkyl halides is 2. The van der Waals surface area contributed by atoms with Crippen molar-refractivity contribution in [3.05, 3.63) is 66.0 Å². The molecule has 0 saturated carbocycles. The molecule has 3 rings (SSSR count). The molecule has 0 aliphatic rings. The Hall–Kier alpha value is -1.64. The quantitative estimate of drug-likeness (QED) is 0.636. The standard InChI is InChI=1S/C16H11Br2N3/c17-14(11-6-2-1-3-7-11)16(18,10-19)15-20-12-8-4-5-9-13(12)21-15/h1-9,14H,(H,20,21). The van der Waals surface area contributed by atoms with Gasteiger partial charge in [0.05, 0.1) is 21.9 Å². The van der Waals surface area contributed by atoms with E-state index in [1.807, 2.05) is 54.6 Å². The van der Waals surface area contributed by atoms with E-state index in [1.165, 1.54) is 0 Å². The van der Waals surface area contributed by atoms with Crippen molar-refractivity contribution in [3.8, 4) is 6.07 Å². The van der Waals surface area contributed by atoms with Crippen LogP contribution in [0.2, 0.25) is 0 Å². The summed E-state index contributed by atoms with van der Waals surface area (Å²) in [6.45, 7) is 0. The van der Waals surface area contributed by atoms with Crippen LogP contribution in [0.4, 0.5) is 0 Å². The molecular weight excluding hydrogens is 394 g/mol. The van der Waals surface area contributed by atoms with E-state index in [0.29, 0.717) is 5.82 Å². The van der Waals surface area contributed by atoms with E-state index in [-0.39, 0.29) is 4.83 Å². The lowest BCUT2D eigenvalue weighted by Gasteiger charge is -2.23. The molecule has 21 heavy (non-hydrogen) atoms. The van der Waals surface area contributed by atoms with Crippen molar-refractivity contribution in [2.24, 2.45) is 0 Å². The van der Waals surface area contributed by atoms with E-state index in [1.54, 1.807) is 0 Å². The van der Waals surface area contributed by atoms with E-state index >= 15 is 0 Å². The van der Waals surface area contributed by atoms with Crippen LogP contribution in [0.5, 0.6) is 0 Å². The third-order valence-corrected chi connectivity index (χ3v) is 6.18. The normalized spacial score (nSPS) is 15.3. The van der Waals surface area contributed by atoms with Gasteiger partial charge in [-0.1, -0.05) is 74.3 Å². The molecule has 0 radical (unpaired) electrons. The molecule has 1 aromatic heterocycles. The number of rotatable bonds is 3. The van der Waals surface area contributed by atoms with E-state index < -0.39 is 4.32 Å². The summed E-state index contributed by atoms with van der Waals surface area (Å²) in [5.41, 5.74) is 2.77. The van der Waals surface area contributed by atoms with Crippen molar-refractivity contribution >= 4 is 42.9 Å². The smallest absolute Gasteiger partial charge is 0.185 e. The lowest BCUT2D eigenvalue weighted by atomic mass is 9.99. The first-order chi connectivity index (χ1) is 10.1. The third kappa shape index (κ3) is 2.50. The summed E-state index contributed by atoms with van der Waals surface area (Å²) in [4.78, 5) is 7.55. The number of halogens is 2. The summed E-state index contributed by atoms with van der Waals surface area (Å²) in [6, 6.07) is 19.9. The zero-order chi connectivity index (χ0) is 14.9. The highest BCUT2D eigenvalue weighted by atomic mass is 79.9. The maximum Gasteiger partial charge on any atom is 0.185 e. The molecule has 104 valence electrons. The number of aromatic amines is 1. The van der Waals surface area contributed by atoms with Gasteiger partial charge in [0, 0.05) is 0 Å². The molecule has 0 aliphatic carbocycles. The maximum atomic E-state index is 9.71. The summed E-state index contributed by atoms with van der Waals surface area (Å²) < 4.78 is -0.965. The fourth-order valence-corrected chi connectivity index (χ4v) is 3.28. The number of hydrogen-bond acceptors (Lipinski definition) is 2. The summed E-state index contributed by atoms with van der Waals surface area (Å²) in [6.07, 6.45) is 0. The number of nitrogens with zero attached hydrogens (tertiary/aromatic N) is 2. The average Bonchev–Trinajstić information content (AvgIpc) is 2.98. The molecular formula is C16H11Br2N3. The van der Waals surface area contributed by atoms with E-state index in [2.05, 4.69) is 47.9 Å². The second-order valence-corrected chi connectivity index (χ2v) is 6.87. The minimum Gasteiger partial charge on any atom is -0.340 e. The Bertz CT molecular complexity index is 774. The first-order valence-corrected chi connectivity index (χ1v) is 8.10. The van der Waals surface area contributed by atoms with Gasteiger partial charge in [-0.3, -0.25) is 0 Å². The van der Waals surface area contributed by atoms with E-state index in [9.17, 15) is 5.26 Å². The minimum atomic E-state index is -0.965. The largest absolute Gasteiger partial charge is 0.340 e. The lowest BCUT2D eigenvalue weighted by Crippen LogP contribution is -2.23. The topological polar surface area (TPSA) is 52.5 Å². The highest BCUT2D eigenvalue weighted by Gasteiger charge is 2.41. The van der Waals surface area contributed by atoms with Gasteiger partial charge in [0.15, 0.2) is 4.32 Å². The van der Waals surface area contributed by atoms with Crippen LogP contribution < -0.4 is 0 Å². The van der Waals surface area contributed by atoms with Gasteiger partial charge in [0.2, 0.25) is 0 Å². The number of hydrogen-bond donors (Lipinski definition) is 1. The fourth-order valence-electron chi connectivity index (χ4n) is 2.21. The molecule has 0 fully saturated rings. The van der Waals surface area contributed by atoms with Gasteiger partial charge in [0.25, 0.3) is 0 Å². The summed E-state index contributed by atoms with van der Waals surface area (Å²) in [7, 11) is 0. The molecule has 0 bridgehead atoms. The lowest BCUT2D eigenvalue weighted by molar-refractivity contribution is 0.738. The SMILES string of the molecule is N#CC(Br)(c1nc2ccccc2[nH]1)C(Br)c1ccccc1. The van der Waals surface area contributed by atoms with Crippen molar-refractivity contribution in [2.45, 2.75) is 9.15 Å². The van der Waals surface area contributed by atoms with Gasteiger partial charge in [-0.2, -0.15) is 5.26 Å². The van der Waals surface area contributed by atoms with Gasteiger partial charge in [0.1, 0.15) is 5.82 Å². The zero-order valence-corrected chi connectivity index (χ0v) is 14.1. The zero-order valence-electron chi connectivity index (χ0n) is 10.9. The maximum absolute atomic E-state index is 9.71. The Morgan fingerprint density at radius 3 is 2.43 bits per heavy atom. The second kappa shape index (κ2) is 5.63. The van der Waals surface area contributed by atoms with Crippen LogP contribution in [-0.4, -0.2) is 9.97 Å². The molecule has 1 heterocycles. The predicted octanol–water partition coefficient (Wildman–Crippen LogP) is 4.81. The Morgan fingerprint density at radius 1 is 1.10 bits per heavy atom. The third-order valence-electron chi connectivity index (χ3n) is 3.34. The molecule has 5 heteroatoms. The molecule has 0 saturated heterocycles. The molecule has 2 aromatic carbocycles. The van der Waals surface area contributed by atoms with E-state index in [4.69, 9.17) is 0 Å². The monoisotopic (exact) mass is 403 g/mol. The molecule has 0 amide bonds. The molecule has 1 N–H and O–H groups in total. The molecule has 2 unspecified atom stereocenters. The number of imidazole rings is 1. The van der Waals surface area contributed by atoms with Crippen LogP contribution >= 0.6 is 31.9 Å². The van der Waals surface area contributed by atoms with Crippen LogP contribution in [0, 0.1) is 11.3 Å². The van der Waals surface area contributed by atoms with Gasteiger partial charge in [-0.15, -0.1) is 0 Å².